The molecule has 0 spiro atoms. The van der Waals surface area contributed by atoms with Crippen molar-refractivity contribution < 1.29 is 23.8 Å². The van der Waals surface area contributed by atoms with E-state index in [-0.39, 0.29) is 17.7 Å². The highest BCUT2D eigenvalue weighted by Crippen LogP contribution is 2.39. The maximum absolute atomic E-state index is 13.6. The van der Waals surface area contributed by atoms with Crippen molar-refractivity contribution in [3.63, 3.8) is 0 Å². The van der Waals surface area contributed by atoms with Crippen molar-refractivity contribution in [1.82, 2.24) is 4.90 Å². The zero-order chi connectivity index (χ0) is 21.1. The molecule has 1 aromatic carbocycles. The summed E-state index contributed by atoms with van der Waals surface area (Å²) < 4.78 is 16.4. The number of anilines is 1. The van der Waals surface area contributed by atoms with E-state index in [2.05, 4.69) is 10.2 Å². The van der Waals surface area contributed by atoms with E-state index in [0.29, 0.717) is 54.5 Å². The highest BCUT2D eigenvalue weighted by Gasteiger charge is 2.36. The van der Waals surface area contributed by atoms with E-state index in [1.54, 1.807) is 19.2 Å². The Labute approximate surface area is 178 Å². The fraction of sp³-hybridized carbons (Fsp3) is 0.652. The molecule has 0 radical (unpaired) electrons. The van der Waals surface area contributed by atoms with E-state index in [9.17, 15) is 9.59 Å². The van der Waals surface area contributed by atoms with Crippen LogP contribution < -0.4 is 14.8 Å². The van der Waals surface area contributed by atoms with Crippen LogP contribution in [-0.2, 0) is 9.53 Å². The van der Waals surface area contributed by atoms with Gasteiger partial charge in [0.2, 0.25) is 5.91 Å². The van der Waals surface area contributed by atoms with Crippen LogP contribution in [0.4, 0.5) is 5.69 Å². The quantitative estimate of drug-likeness (QED) is 0.793. The lowest BCUT2D eigenvalue weighted by atomic mass is 9.93. The zero-order valence-electron chi connectivity index (χ0n) is 17.9. The lowest BCUT2D eigenvalue weighted by Gasteiger charge is -2.41. The third-order valence-electron chi connectivity index (χ3n) is 6.70. The number of nitrogens with one attached hydrogen (secondary N) is 1. The normalized spacial score (nSPS) is 26.1. The van der Waals surface area contributed by atoms with Gasteiger partial charge >= 0.3 is 0 Å². The highest BCUT2D eigenvalue weighted by atomic mass is 16.5. The molecule has 3 saturated heterocycles. The van der Waals surface area contributed by atoms with Gasteiger partial charge in [0.15, 0.2) is 11.5 Å². The number of hydrogen-bond acceptors (Lipinski definition) is 5. The number of nitrogens with zero attached hydrogens (tertiary/aromatic N) is 1. The molecular weight excluding hydrogens is 384 g/mol. The Hall–Kier alpha value is -2.28. The molecule has 3 aliphatic heterocycles. The number of methoxy groups -OCH3 is 2. The molecule has 7 nitrogen and oxygen atoms in total. The van der Waals surface area contributed by atoms with Crippen molar-refractivity contribution in [1.29, 1.82) is 0 Å². The number of piperidine rings is 1. The number of amides is 2. The maximum Gasteiger partial charge on any atom is 0.254 e. The van der Waals surface area contributed by atoms with Crippen LogP contribution in [0.25, 0.3) is 0 Å². The molecule has 2 amide bonds. The molecule has 3 fully saturated rings. The summed E-state index contributed by atoms with van der Waals surface area (Å²) in [5, 5.41) is 2.94. The van der Waals surface area contributed by atoms with Crippen LogP contribution in [0.1, 0.15) is 61.7 Å². The summed E-state index contributed by atoms with van der Waals surface area (Å²) in [6.07, 6.45) is 8.53. The second kappa shape index (κ2) is 9.25. The fourth-order valence-corrected chi connectivity index (χ4v) is 5.13. The Morgan fingerprint density at radius 3 is 2.30 bits per heavy atom. The predicted octanol–water partition coefficient (Wildman–Crippen LogP) is 3.62. The number of carbonyl (C=O) groups is 2. The van der Waals surface area contributed by atoms with Gasteiger partial charge in [0, 0.05) is 24.3 Å². The van der Waals surface area contributed by atoms with E-state index in [1.807, 2.05) is 0 Å². The third-order valence-corrected chi connectivity index (χ3v) is 6.70. The lowest BCUT2D eigenvalue weighted by Crippen LogP contribution is -2.49. The van der Waals surface area contributed by atoms with Crippen LogP contribution in [0.5, 0.6) is 11.5 Å². The molecule has 0 aromatic heterocycles. The Bertz CT molecular complexity index is 776. The number of fused-ring (bicyclic) bond motifs is 2. The summed E-state index contributed by atoms with van der Waals surface area (Å²) in [7, 11) is 3.08. The number of hydrogen-bond donors (Lipinski definition) is 1. The largest absolute Gasteiger partial charge is 0.493 e. The summed E-state index contributed by atoms with van der Waals surface area (Å²) in [6, 6.07) is 4.08. The van der Waals surface area contributed by atoms with Crippen molar-refractivity contribution in [2.24, 2.45) is 5.92 Å². The molecule has 7 heteroatoms. The topological polar surface area (TPSA) is 77.1 Å². The highest BCUT2D eigenvalue weighted by molar-refractivity contribution is 6.00. The van der Waals surface area contributed by atoms with Gasteiger partial charge in [-0.25, -0.2) is 0 Å². The van der Waals surface area contributed by atoms with Gasteiger partial charge in [0.1, 0.15) is 0 Å². The summed E-state index contributed by atoms with van der Waals surface area (Å²) in [4.78, 5) is 28.4. The number of ether oxygens (including phenoxy) is 3. The predicted molar refractivity (Wildman–Crippen MR) is 113 cm³/mol. The number of carbonyl (C=O) groups excluding carboxylic acids is 2. The molecular formula is C23H32N2O5. The van der Waals surface area contributed by atoms with Crippen molar-refractivity contribution in [2.75, 3.05) is 32.8 Å². The number of benzene rings is 1. The van der Waals surface area contributed by atoms with Gasteiger partial charge in [0.25, 0.3) is 5.91 Å². The Balaban J connectivity index is 1.65. The van der Waals surface area contributed by atoms with Crippen molar-refractivity contribution in [2.45, 2.75) is 63.5 Å². The summed E-state index contributed by atoms with van der Waals surface area (Å²) >= 11 is 0. The van der Waals surface area contributed by atoms with E-state index < -0.39 is 0 Å². The molecule has 30 heavy (non-hydrogen) atoms. The lowest BCUT2D eigenvalue weighted by molar-refractivity contribution is -0.119. The summed E-state index contributed by atoms with van der Waals surface area (Å²) in [5.74, 6) is 0.583. The molecule has 2 bridgehead atoms. The standard InChI is InChI=1S/C23H32N2O5/c1-28-20-13-16(23(27)25-17-6-3-4-7-18(25)9-5-8-17)12-19(21(20)29-2)24-22(26)15-10-11-30-14-15/h12-13,15,17-18H,3-11,14H2,1-2H3,(H,24,26). The Morgan fingerprint density at radius 1 is 1.00 bits per heavy atom. The first-order valence-electron chi connectivity index (χ1n) is 11.1. The molecule has 164 valence electrons. The van der Waals surface area contributed by atoms with E-state index in [0.717, 1.165) is 25.7 Å². The smallest absolute Gasteiger partial charge is 0.254 e. The minimum atomic E-state index is -0.190. The van der Waals surface area contributed by atoms with Crippen LogP contribution in [-0.4, -0.2) is 56.2 Å². The van der Waals surface area contributed by atoms with Crippen LogP contribution in [0.3, 0.4) is 0 Å². The van der Waals surface area contributed by atoms with Crippen LogP contribution in [0.15, 0.2) is 12.1 Å². The van der Waals surface area contributed by atoms with Gasteiger partial charge in [-0.15, -0.1) is 0 Å². The molecule has 3 atom stereocenters. The second-order valence-corrected chi connectivity index (χ2v) is 8.54. The summed E-state index contributed by atoms with van der Waals surface area (Å²) in [5.41, 5.74) is 1.00. The van der Waals surface area contributed by atoms with Crippen molar-refractivity contribution in [3.05, 3.63) is 17.7 Å². The van der Waals surface area contributed by atoms with E-state index >= 15 is 0 Å². The second-order valence-electron chi connectivity index (χ2n) is 8.54. The maximum atomic E-state index is 13.6. The van der Waals surface area contributed by atoms with Gasteiger partial charge in [0.05, 0.1) is 32.4 Å². The first-order valence-corrected chi connectivity index (χ1v) is 11.1. The van der Waals surface area contributed by atoms with Gasteiger partial charge < -0.3 is 24.4 Å². The van der Waals surface area contributed by atoms with E-state index in [1.165, 1.54) is 26.4 Å². The molecule has 0 saturated carbocycles. The van der Waals surface area contributed by atoms with Gasteiger partial charge in [-0.1, -0.05) is 12.8 Å². The van der Waals surface area contributed by atoms with Crippen LogP contribution in [0, 0.1) is 5.92 Å². The average molecular weight is 417 g/mol. The summed E-state index contributed by atoms with van der Waals surface area (Å²) in [6.45, 7) is 1.01. The van der Waals surface area contributed by atoms with Gasteiger partial charge in [-0.3, -0.25) is 9.59 Å². The van der Waals surface area contributed by atoms with Crippen molar-refractivity contribution in [3.8, 4) is 11.5 Å². The average Bonchev–Trinajstić information content (AvgIpc) is 3.27. The van der Waals surface area contributed by atoms with Gasteiger partial charge in [-0.05, 0) is 50.7 Å². The minimum Gasteiger partial charge on any atom is -0.493 e. The minimum absolute atomic E-state index is 0.0206. The first-order chi connectivity index (χ1) is 14.6. The molecule has 3 heterocycles. The molecule has 3 aliphatic rings. The fourth-order valence-electron chi connectivity index (χ4n) is 5.13. The molecule has 4 rings (SSSR count). The Morgan fingerprint density at radius 2 is 1.70 bits per heavy atom. The Kier molecular flexibility index (Phi) is 6.46. The monoisotopic (exact) mass is 416 g/mol. The SMILES string of the molecule is COc1cc(C(=O)N2C3CCCCC2CCC3)cc(NC(=O)C2CCOC2)c1OC. The van der Waals surface area contributed by atoms with Crippen LogP contribution in [0.2, 0.25) is 0 Å². The van der Waals surface area contributed by atoms with E-state index in [4.69, 9.17) is 14.2 Å². The van der Waals surface area contributed by atoms with Gasteiger partial charge in [-0.2, -0.15) is 0 Å². The van der Waals surface area contributed by atoms with Crippen molar-refractivity contribution >= 4 is 17.5 Å². The van der Waals surface area contributed by atoms with Crippen LogP contribution >= 0.6 is 0 Å². The molecule has 3 unspecified atom stereocenters. The number of rotatable bonds is 5. The molecule has 1 N–H and O–H groups in total. The zero-order valence-corrected chi connectivity index (χ0v) is 17.9. The molecule has 1 aromatic rings. The third kappa shape index (κ3) is 4.13. The molecule has 0 aliphatic carbocycles. The first kappa shape index (κ1) is 21.0.